The highest BCUT2D eigenvalue weighted by molar-refractivity contribution is 5.83. The zero-order valence-corrected chi connectivity index (χ0v) is 9.27. The molecule has 0 spiro atoms. The van der Waals surface area contributed by atoms with E-state index in [9.17, 15) is 9.59 Å². The highest BCUT2D eigenvalue weighted by Gasteiger charge is 2.26. The van der Waals surface area contributed by atoms with Crippen LogP contribution < -0.4 is 0 Å². The second kappa shape index (κ2) is 5.11. The molecule has 5 nitrogen and oxygen atoms in total. The fourth-order valence-corrected chi connectivity index (χ4v) is 1.62. The molecule has 1 saturated heterocycles. The second-order valence-corrected chi connectivity index (χ2v) is 4.05. The molecule has 5 heteroatoms. The Morgan fingerprint density at radius 1 is 1.53 bits per heavy atom. The number of rotatable bonds is 3. The minimum absolute atomic E-state index is 0.0383. The summed E-state index contributed by atoms with van der Waals surface area (Å²) in [6.07, 6.45) is 0.853. The number of likely N-dealkylation sites (N-methyl/N-ethyl adjacent to an activating group) is 1. The average molecular weight is 214 g/mol. The maximum atomic E-state index is 11.7. The third-order valence-electron chi connectivity index (χ3n) is 2.81. The van der Waals surface area contributed by atoms with Gasteiger partial charge in [-0.3, -0.25) is 9.59 Å². The Balaban J connectivity index is 2.38. The van der Waals surface area contributed by atoms with Crippen LogP contribution in [0.4, 0.5) is 0 Å². The van der Waals surface area contributed by atoms with E-state index in [1.165, 1.54) is 11.8 Å². The third kappa shape index (κ3) is 3.20. The number of carbonyl (C=O) groups is 2. The molecule has 0 aromatic heterocycles. The van der Waals surface area contributed by atoms with Crippen LogP contribution in [-0.4, -0.2) is 60.0 Å². The van der Waals surface area contributed by atoms with Gasteiger partial charge in [0.1, 0.15) is 0 Å². The molecule has 1 N–H and O–H groups in total. The van der Waals surface area contributed by atoms with Crippen molar-refractivity contribution in [3.05, 3.63) is 0 Å². The molecule has 0 aliphatic carbocycles. The molecule has 0 bridgehead atoms. The van der Waals surface area contributed by atoms with Gasteiger partial charge in [-0.25, -0.2) is 0 Å². The molecular weight excluding hydrogens is 196 g/mol. The van der Waals surface area contributed by atoms with Gasteiger partial charge in [-0.15, -0.1) is 0 Å². The quantitative estimate of drug-likeness (QED) is 0.676. The lowest BCUT2D eigenvalue weighted by molar-refractivity contribution is -0.137. The molecule has 1 rings (SSSR count). The van der Waals surface area contributed by atoms with Crippen LogP contribution in [0.25, 0.3) is 0 Å². The standard InChI is InChI=1S/C10H18N2O3/c1-8(14)11(2)6-10(15)12-4-3-9(5-12)7-13/h9,13H,3-7H2,1-2H3. The van der Waals surface area contributed by atoms with Crippen molar-refractivity contribution in [2.75, 3.05) is 33.3 Å². The Morgan fingerprint density at radius 2 is 2.20 bits per heavy atom. The molecule has 1 atom stereocenters. The van der Waals surface area contributed by atoms with Gasteiger partial charge in [-0.05, 0) is 6.42 Å². The fourth-order valence-electron chi connectivity index (χ4n) is 1.62. The first-order valence-corrected chi connectivity index (χ1v) is 5.15. The van der Waals surface area contributed by atoms with Crippen molar-refractivity contribution in [1.82, 2.24) is 9.80 Å². The van der Waals surface area contributed by atoms with Gasteiger partial charge in [0.2, 0.25) is 11.8 Å². The van der Waals surface area contributed by atoms with E-state index in [0.717, 1.165) is 6.42 Å². The van der Waals surface area contributed by atoms with E-state index in [1.54, 1.807) is 11.9 Å². The van der Waals surface area contributed by atoms with Crippen molar-refractivity contribution in [2.45, 2.75) is 13.3 Å². The number of hydrogen-bond acceptors (Lipinski definition) is 3. The van der Waals surface area contributed by atoms with Crippen molar-refractivity contribution in [3.63, 3.8) is 0 Å². The predicted octanol–water partition coefficient (Wildman–Crippen LogP) is -0.694. The SMILES string of the molecule is CC(=O)N(C)CC(=O)N1CCC(CO)C1. The van der Waals surface area contributed by atoms with Crippen LogP contribution >= 0.6 is 0 Å². The number of aliphatic hydroxyl groups is 1. The monoisotopic (exact) mass is 214 g/mol. The zero-order chi connectivity index (χ0) is 11.4. The minimum atomic E-state index is -0.110. The number of amides is 2. The Kier molecular flexibility index (Phi) is 4.08. The van der Waals surface area contributed by atoms with Gasteiger partial charge in [-0.2, -0.15) is 0 Å². The van der Waals surface area contributed by atoms with Gasteiger partial charge in [0.25, 0.3) is 0 Å². The lowest BCUT2D eigenvalue weighted by Gasteiger charge is -2.20. The maximum Gasteiger partial charge on any atom is 0.242 e. The number of hydrogen-bond donors (Lipinski definition) is 1. The number of carbonyl (C=O) groups excluding carboxylic acids is 2. The molecule has 1 fully saturated rings. The number of likely N-dealkylation sites (tertiary alicyclic amines) is 1. The largest absolute Gasteiger partial charge is 0.396 e. The molecule has 1 aliphatic heterocycles. The summed E-state index contributed by atoms with van der Waals surface area (Å²) in [6.45, 7) is 3.00. The van der Waals surface area contributed by atoms with Crippen LogP contribution in [0.2, 0.25) is 0 Å². The number of aliphatic hydroxyl groups excluding tert-OH is 1. The molecule has 15 heavy (non-hydrogen) atoms. The van der Waals surface area contributed by atoms with Crippen molar-refractivity contribution in [3.8, 4) is 0 Å². The van der Waals surface area contributed by atoms with Gasteiger partial charge in [-0.1, -0.05) is 0 Å². The van der Waals surface area contributed by atoms with Gasteiger partial charge in [0.15, 0.2) is 0 Å². The molecule has 0 aromatic carbocycles. The highest BCUT2D eigenvalue weighted by atomic mass is 16.3. The number of nitrogens with zero attached hydrogens (tertiary/aromatic N) is 2. The van der Waals surface area contributed by atoms with Crippen molar-refractivity contribution in [1.29, 1.82) is 0 Å². The summed E-state index contributed by atoms with van der Waals surface area (Å²) in [7, 11) is 1.61. The minimum Gasteiger partial charge on any atom is -0.396 e. The van der Waals surface area contributed by atoms with Gasteiger partial charge in [0.05, 0.1) is 6.54 Å². The van der Waals surface area contributed by atoms with Gasteiger partial charge >= 0.3 is 0 Å². The molecule has 2 amide bonds. The Hall–Kier alpha value is -1.10. The first kappa shape index (κ1) is 12.0. The van der Waals surface area contributed by atoms with Crippen molar-refractivity contribution >= 4 is 11.8 Å². The Morgan fingerprint density at radius 3 is 2.67 bits per heavy atom. The summed E-state index contributed by atoms with van der Waals surface area (Å²) in [6, 6.07) is 0. The smallest absolute Gasteiger partial charge is 0.242 e. The van der Waals surface area contributed by atoms with Crippen LogP contribution in [0.5, 0.6) is 0 Å². The summed E-state index contributed by atoms with van der Waals surface area (Å²) in [5, 5.41) is 8.93. The predicted molar refractivity (Wildman–Crippen MR) is 55.1 cm³/mol. The van der Waals surface area contributed by atoms with E-state index >= 15 is 0 Å². The van der Waals surface area contributed by atoms with E-state index in [4.69, 9.17) is 5.11 Å². The first-order chi connectivity index (χ1) is 7.04. The van der Waals surface area contributed by atoms with E-state index in [-0.39, 0.29) is 30.9 Å². The van der Waals surface area contributed by atoms with Crippen LogP contribution in [0.1, 0.15) is 13.3 Å². The average Bonchev–Trinajstić information content (AvgIpc) is 2.65. The van der Waals surface area contributed by atoms with Crippen LogP contribution in [0, 0.1) is 5.92 Å². The van der Waals surface area contributed by atoms with Crippen LogP contribution in [-0.2, 0) is 9.59 Å². The lowest BCUT2D eigenvalue weighted by Crippen LogP contribution is -2.39. The maximum absolute atomic E-state index is 11.7. The molecule has 0 saturated carbocycles. The van der Waals surface area contributed by atoms with Gasteiger partial charge < -0.3 is 14.9 Å². The summed E-state index contributed by atoms with van der Waals surface area (Å²) in [4.78, 5) is 25.7. The third-order valence-corrected chi connectivity index (χ3v) is 2.81. The van der Waals surface area contributed by atoms with Crippen LogP contribution in [0.3, 0.4) is 0 Å². The molecule has 86 valence electrons. The normalized spacial score (nSPS) is 20.5. The van der Waals surface area contributed by atoms with E-state index in [0.29, 0.717) is 13.1 Å². The summed E-state index contributed by atoms with van der Waals surface area (Å²) in [5.41, 5.74) is 0. The molecule has 1 heterocycles. The first-order valence-electron chi connectivity index (χ1n) is 5.15. The molecule has 1 aliphatic rings. The van der Waals surface area contributed by atoms with E-state index < -0.39 is 0 Å². The molecule has 0 radical (unpaired) electrons. The molecular formula is C10H18N2O3. The molecule has 1 unspecified atom stereocenters. The lowest BCUT2D eigenvalue weighted by atomic mass is 10.1. The van der Waals surface area contributed by atoms with Crippen LogP contribution in [0.15, 0.2) is 0 Å². The fraction of sp³-hybridized carbons (Fsp3) is 0.800. The zero-order valence-electron chi connectivity index (χ0n) is 9.27. The van der Waals surface area contributed by atoms with E-state index in [1.807, 2.05) is 0 Å². The topological polar surface area (TPSA) is 60.9 Å². The van der Waals surface area contributed by atoms with E-state index in [2.05, 4.69) is 0 Å². The van der Waals surface area contributed by atoms with Gasteiger partial charge in [0, 0.05) is 39.6 Å². The second-order valence-electron chi connectivity index (χ2n) is 4.05. The Bertz CT molecular complexity index is 255. The Labute approximate surface area is 89.7 Å². The summed E-state index contributed by atoms with van der Waals surface area (Å²) in [5.74, 6) is 0.0569. The summed E-state index contributed by atoms with van der Waals surface area (Å²) < 4.78 is 0. The van der Waals surface area contributed by atoms with Crippen molar-refractivity contribution in [2.24, 2.45) is 5.92 Å². The molecule has 0 aromatic rings. The highest BCUT2D eigenvalue weighted by Crippen LogP contribution is 2.15. The van der Waals surface area contributed by atoms with Crippen molar-refractivity contribution < 1.29 is 14.7 Å². The summed E-state index contributed by atoms with van der Waals surface area (Å²) >= 11 is 0.